The van der Waals surface area contributed by atoms with E-state index in [1.54, 1.807) is 53.8 Å². The molecule has 216 valence electrons. The fourth-order valence-electron chi connectivity index (χ4n) is 3.82. The second-order valence-corrected chi connectivity index (χ2v) is 13.3. The average molecular weight is 690 g/mol. The molecule has 0 fully saturated rings. The molecule has 3 aromatic carbocycles. The Kier molecular flexibility index (Phi) is 10.2. The lowest BCUT2D eigenvalue weighted by molar-refractivity contribution is -0.115. The molecular weight excluding hydrogens is 664 g/mol. The SMILES string of the molecule is CC(Sc1ccc(NC(=O)/C(=C/c2ccc(Br)cc2)NC(=O)c2ccccc2)cc1)C(=O)Nc1nc(-c2cccs2)cs1. The summed E-state index contributed by atoms with van der Waals surface area (Å²) < 4.78 is 0.903. The second-order valence-electron chi connectivity index (χ2n) is 9.17. The number of benzene rings is 3. The van der Waals surface area contributed by atoms with Crippen LogP contribution in [0.2, 0.25) is 0 Å². The summed E-state index contributed by atoms with van der Waals surface area (Å²) in [5.41, 5.74) is 2.69. The summed E-state index contributed by atoms with van der Waals surface area (Å²) in [6, 6.07) is 27.3. The zero-order valence-corrected chi connectivity index (χ0v) is 26.8. The molecule has 2 heterocycles. The molecule has 0 aliphatic heterocycles. The lowest BCUT2D eigenvalue weighted by atomic mass is 10.1. The minimum atomic E-state index is -0.467. The molecular formula is C32H25BrN4O3S3. The van der Waals surface area contributed by atoms with Crippen LogP contribution < -0.4 is 16.0 Å². The van der Waals surface area contributed by atoms with Crippen molar-refractivity contribution >= 4 is 85.0 Å². The van der Waals surface area contributed by atoms with Gasteiger partial charge in [-0.2, -0.15) is 0 Å². The molecule has 0 aliphatic carbocycles. The highest BCUT2D eigenvalue weighted by Gasteiger charge is 2.18. The van der Waals surface area contributed by atoms with E-state index in [9.17, 15) is 14.4 Å². The van der Waals surface area contributed by atoms with Crippen LogP contribution in [-0.4, -0.2) is 28.0 Å². The molecule has 5 aromatic rings. The van der Waals surface area contributed by atoms with Crippen molar-refractivity contribution in [1.82, 2.24) is 10.3 Å². The Morgan fingerprint density at radius 2 is 1.63 bits per heavy atom. The van der Waals surface area contributed by atoms with Crippen LogP contribution in [0.4, 0.5) is 10.8 Å². The first-order chi connectivity index (χ1) is 20.8. The van der Waals surface area contributed by atoms with Gasteiger partial charge in [0.05, 0.1) is 15.8 Å². The highest BCUT2D eigenvalue weighted by molar-refractivity contribution is 9.10. The van der Waals surface area contributed by atoms with Crippen molar-refractivity contribution in [2.45, 2.75) is 17.1 Å². The van der Waals surface area contributed by atoms with E-state index < -0.39 is 11.8 Å². The number of halogens is 1. The quantitative estimate of drug-likeness (QED) is 0.102. The predicted octanol–water partition coefficient (Wildman–Crippen LogP) is 8.16. The largest absolute Gasteiger partial charge is 0.321 e. The maximum absolute atomic E-state index is 13.3. The van der Waals surface area contributed by atoms with E-state index >= 15 is 0 Å². The molecule has 11 heteroatoms. The van der Waals surface area contributed by atoms with Gasteiger partial charge in [-0.25, -0.2) is 4.98 Å². The van der Waals surface area contributed by atoms with Crippen LogP contribution in [0.5, 0.6) is 0 Å². The monoisotopic (exact) mass is 688 g/mol. The van der Waals surface area contributed by atoms with Gasteiger partial charge in [-0.05, 0) is 78.5 Å². The number of rotatable bonds is 10. The Hall–Kier alpha value is -4.03. The van der Waals surface area contributed by atoms with Crippen LogP contribution in [0.25, 0.3) is 16.6 Å². The number of nitrogens with zero attached hydrogens (tertiary/aromatic N) is 1. The van der Waals surface area contributed by atoms with Crippen LogP contribution in [0.15, 0.2) is 117 Å². The Morgan fingerprint density at radius 3 is 2.33 bits per heavy atom. The molecule has 1 unspecified atom stereocenters. The number of thiazole rings is 1. The van der Waals surface area contributed by atoms with Gasteiger partial charge in [-0.1, -0.05) is 52.3 Å². The maximum Gasteiger partial charge on any atom is 0.272 e. The summed E-state index contributed by atoms with van der Waals surface area (Å²) in [5.74, 6) is -1.00. The van der Waals surface area contributed by atoms with E-state index in [1.807, 2.05) is 72.3 Å². The Labute approximate surface area is 269 Å². The molecule has 3 amide bonds. The Morgan fingerprint density at radius 1 is 0.884 bits per heavy atom. The van der Waals surface area contributed by atoms with Crippen molar-refractivity contribution in [3.63, 3.8) is 0 Å². The van der Waals surface area contributed by atoms with Crippen LogP contribution in [0.3, 0.4) is 0 Å². The number of anilines is 2. The smallest absolute Gasteiger partial charge is 0.272 e. The Bertz CT molecular complexity index is 1740. The van der Waals surface area contributed by atoms with E-state index in [2.05, 4.69) is 36.9 Å². The molecule has 0 saturated carbocycles. The van der Waals surface area contributed by atoms with E-state index in [1.165, 1.54) is 23.1 Å². The first-order valence-corrected chi connectivity index (χ1v) is 16.5. The number of carbonyl (C=O) groups is 3. The second kappa shape index (κ2) is 14.4. The summed E-state index contributed by atoms with van der Waals surface area (Å²) in [4.78, 5) is 45.4. The minimum absolute atomic E-state index is 0.101. The minimum Gasteiger partial charge on any atom is -0.321 e. The molecule has 0 aliphatic rings. The number of amides is 3. The molecule has 7 nitrogen and oxygen atoms in total. The van der Waals surface area contributed by atoms with Gasteiger partial charge in [0.15, 0.2) is 5.13 Å². The highest BCUT2D eigenvalue weighted by Crippen LogP contribution is 2.30. The fourth-order valence-corrected chi connectivity index (χ4v) is 6.42. The first kappa shape index (κ1) is 30.4. The molecule has 5 rings (SSSR count). The number of nitrogens with one attached hydrogen (secondary N) is 3. The van der Waals surface area contributed by atoms with Crippen molar-refractivity contribution in [2.75, 3.05) is 10.6 Å². The summed E-state index contributed by atoms with van der Waals surface area (Å²) in [5, 5.41) is 12.6. The van der Waals surface area contributed by atoms with E-state index in [0.29, 0.717) is 16.4 Å². The van der Waals surface area contributed by atoms with Gasteiger partial charge in [0.25, 0.3) is 11.8 Å². The molecule has 43 heavy (non-hydrogen) atoms. The fraction of sp³-hybridized carbons (Fsp3) is 0.0625. The molecule has 2 aromatic heterocycles. The standard InChI is InChI=1S/C32H25BrN4O3S3/c1-20(29(38)37-32-36-27(19-42-32)28-8-5-17-41-28)43-25-15-13-24(14-16-25)34-31(40)26(18-21-9-11-23(33)12-10-21)35-30(39)22-6-3-2-4-7-22/h2-20H,1H3,(H,34,40)(H,35,39)(H,36,37,38)/b26-18-. The number of aromatic nitrogens is 1. The Balaban J connectivity index is 1.21. The lowest BCUT2D eigenvalue weighted by Gasteiger charge is -2.13. The average Bonchev–Trinajstić information content (AvgIpc) is 3.72. The number of carbonyl (C=O) groups excluding carboxylic acids is 3. The maximum atomic E-state index is 13.3. The summed E-state index contributed by atoms with van der Waals surface area (Å²) in [7, 11) is 0. The van der Waals surface area contributed by atoms with Crippen LogP contribution >= 0.6 is 50.4 Å². The number of hydrogen-bond acceptors (Lipinski definition) is 7. The van der Waals surface area contributed by atoms with E-state index in [4.69, 9.17) is 0 Å². The summed E-state index contributed by atoms with van der Waals surface area (Å²) in [6.45, 7) is 1.83. The molecule has 0 radical (unpaired) electrons. The van der Waals surface area contributed by atoms with Crippen LogP contribution in [-0.2, 0) is 9.59 Å². The predicted molar refractivity (Wildman–Crippen MR) is 180 cm³/mol. The van der Waals surface area contributed by atoms with Crippen molar-refractivity contribution < 1.29 is 14.4 Å². The van der Waals surface area contributed by atoms with Crippen molar-refractivity contribution in [3.05, 3.63) is 123 Å². The van der Waals surface area contributed by atoms with Gasteiger partial charge in [0, 0.05) is 26.0 Å². The molecule has 0 bridgehead atoms. The highest BCUT2D eigenvalue weighted by atomic mass is 79.9. The van der Waals surface area contributed by atoms with E-state index in [0.717, 1.165) is 25.5 Å². The van der Waals surface area contributed by atoms with Gasteiger partial charge < -0.3 is 16.0 Å². The normalized spacial score (nSPS) is 11.9. The molecule has 3 N–H and O–H groups in total. The number of thioether (sulfide) groups is 1. The first-order valence-electron chi connectivity index (χ1n) is 13.1. The van der Waals surface area contributed by atoms with Crippen molar-refractivity contribution in [1.29, 1.82) is 0 Å². The van der Waals surface area contributed by atoms with Gasteiger partial charge in [0.1, 0.15) is 5.70 Å². The van der Waals surface area contributed by atoms with Crippen LogP contribution in [0, 0.1) is 0 Å². The summed E-state index contributed by atoms with van der Waals surface area (Å²) >= 11 is 7.81. The third kappa shape index (κ3) is 8.51. The van der Waals surface area contributed by atoms with Crippen molar-refractivity contribution in [3.8, 4) is 10.6 Å². The molecule has 0 spiro atoms. The molecule has 1 atom stereocenters. The summed E-state index contributed by atoms with van der Waals surface area (Å²) in [6.07, 6.45) is 1.62. The van der Waals surface area contributed by atoms with Crippen LogP contribution in [0.1, 0.15) is 22.8 Å². The van der Waals surface area contributed by atoms with E-state index in [-0.39, 0.29) is 16.9 Å². The molecule has 0 saturated heterocycles. The van der Waals surface area contributed by atoms with Crippen molar-refractivity contribution in [2.24, 2.45) is 0 Å². The zero-order chi connectivity index (χ0) is 30.2. The number of hydrogen-bond donors (Lipinski definition) is 3. The number of thiophene rings is 1. The van der Waals surface area contributed by atoms with Gasteiger partial charge in [-0.3, -0.25) is 14.4 Å². The van der Waals surface area contributed by atoms with Gasteiger partial charge in [-0.15, -0.1) is 34.4 Å². The third-order valence-electron chi connectivity index (χ3n) is 6.01. The van der Waals surface area contributed by atoms with Gasteiger partial charge >= 0.3 is 0 Å². The van der Waals surface area contributed by atoms with Gasteiger partial charge in [0.2, 0.25) is 5.91 Å². The zero-order valence-electron chi connectivity index (χ0n) is 22.7. The lowest BCUT2D eigenvalue weighted by Crippen LogP contribution is -2.30. The topological polar surface area (TPSA) is 100 Å². The third-order valence-corrected chi connectivity index (χ3v) is 9.30.